The third-order valence-corrected chi connectivity index (χ3v) is 5.08. The maximum atomic E-state index is 12.9. The fourth-order valence-corrected chi connectivity index (χ4v) is 3.83. The van der Waals surface area contributed by atoms with E-state index in [2.05, 4.69) is 13.0 Å². The van der Waals surface area contributed by atoms with Gasteiger partial charge in [0.05, 0.1) is 5.69 Å². The molecule has 0 radical (unpaired) electrons. The summed E-state index contributed by atoms with van der Waals surface area (Å²) in [7, 11) is 0. The first kappa shape index (κ1) is 16.6. The summed E-state index contributed by atoms with van der Waals surface area (Å²) < 4.78 is 5.50. The summed E-state index contributed by atoms with van der Waals surface area (Å²) in [5, 5.41) is 0. The molecule has 5 heteroatoms. The van der Waals surface area contributed by atoms with Crippen LogP contribution < -0.4 is 14.5 Å². The van der Waals surface area contributed by atoms with E-state index in [1.807, 2.05) is 48.2 Å². The summed E-state index contributed by atoms with van der Waals surface area (Å²) in [6.45, 7) is 4.43. The predicted molar refractivity (Wildman–Crippen MR) is 101 cm³/mol. The van der Waals surface area contributed by atoms with E-state index in [1.54, 1.807) is 4.90 Å². The van der Waals surface area contributed by atoms with Crippen molar-refractivity contribution in [2.45, 2.75) is 32.7 Å². The van der Waals surface area contributed by atoms with Gasteiger partial charge >= 0.3 is 0 Å². The number of benzene rings is 2. The number of ether oxygens (including phenoxy) is 1. The van der Waals surface area contributed by atoms with Crippen LogP contribution >= 0.6 is 0 Å². The Labute approximate surface area is 153 Å². The van der Waals surface area contributed by atoms with Gasteiger partial charge in [0, 0.05) is 24.7 Å². The van der Waals surface area contributed by atoms with Crippen LogP contribution in [-0.4, -0.2) is 31.0 Å². The third kappa shape index (κ3) is 2.83. The molecule has 2 aliphatic rings. The molecule has 2 aromatic rings. The van der Waals surface area contributed by atoms with E-state index in [0.717, 1.165) is 23.4 Å². The van der Waals surface area contributed by atoms with Crippen molar-refractivity contribution in [2.75, 3.05) is 23.0 Å². The van der Waals surface area contributed by atoms with E-state index in [-0.39, 0.29) is 30.9 Å². The van der Waals surface area contributed by atoms with Crippen LogP contribution in [0.15, 0.2) is 42.5 Å². The standard InChI is InChI=1S/C21H22N2O3/c1-14-7-8-19-18(11-14)22(21(25)13-26-19)10-9-20(24)23-15(2)12-16-5-3-4-6-17(16)23/h3-8,11,15H,9-10,12-13H2,1-2H3. The molecule has 0 saturated heterocycles. The molecule has 0 spiro atoms. The molecule has 0 fully saturated rings. The lowest BCUT2D eigenvalue weighted by Gasteiger charge is -2.30. The Kier molecular flexibility index (Phi) is 4.15. The molecule has 2 amide bonds. The number of rotatable bonds is 3. The molecule has 2 aromatic carbocycles. The lowest BCUT2D eigenvalue weighted by atomic mass is 10.1. The highest BCUT2D eigenvalue weighted by Crippen LogP contribution is 2.34. The lowest BCUT2D eigenvalue weighted by Crippen LogP contribution is -2.42. The molecule has 1 atom stereocenters. The van der Waals surface area contributed by atoms with Crippen LogP contribution in [0.4, 0.5) is 11.4 Å². The van der Waals surface area contributed by atoms with Crippen LogP contribution in [0.2, 0.25) is 0 Å². The minimum Gasteiger partial charge on any atom is -0.482 e. The van der Waals surface area contributed by atoms with Gasteiger partial charge in [0.1, 0.15) is 5.75 Å². The Balaban J connectivity index is 1.52. The van der Waals surface area contributed by atoms with E-state index >= 15 is 0 Å². The Morgan fingerprint density at radius 3 is 2.85 bits per heavy atom. The van der Waals surface area contributed by atoms with Crippen LogP contribution in [0.25, 0.3) is 0 Å². The lowest BCUT2D eigenvalue weighted by molar-refractivity contribution is -0.121. The number of hydrogen-bond acceptors (Lipinski definition) is 3. The summed E-state index contributed by atoms with van der Waals surface area (Å²) in [6.07, 6.45) is 1.16. The Bertz CT molecular complexity index is 877. The number of aryl methyl sites for hydroxylation is 1. The van der Waals surface area contributed by atoms with Gasteiger partial charge in [-0.25, -0.2) is 0 Å². The zero-order valence-electron chi connectivity index (χ0n) is 15.1. The second-order valence-electron chi connectivity index (χ2n) is 7.00. The molecular formula is C21H22N2O3. The Hall–Kier alpha value is -2.82. The molecule has 2 aliphatic heterocycles. The minimum atomic E-state index is -0.106. The monoisotopic (exact) mass is 350 g/mol. The van der Waals surface area contributed by atoms with Gasteiger partial charge in [0.2, 0.25) is 5.91 Å². The van der Waals surface area contributed by atoms with Gasteiger partial charge in [0.15, 0.2) is 6.61 Å². The fourth-order valence-electron chi connectivity index (χ4n) is 3.83. The highest BCUT2D eigenvalue weighted by molar-refractivity contribution is 6.00. The Morgan fingerprint density at radius 2 is 2.00 bits per heavy atom. The summed E-state index contributed by atoms with van der Waals surface area (Å²) in [5.41, 5.74) is 4.01. The number of nitrogens with zero attached hydrogens (tertiary/aromatic N) is 2. The molecule has 134 valence electrons. The number of carbonyl (C=O) groups excluding carboxylic acids is 2. The molecular weight excluding hydrogens is 328 g/mol. The second-order valence-corrected chi connectivity index (χ2v) is 7.00. The maximum absolute atomic E-state index is 12.9. The molecule has 5 nitrogen and oxygen atoms in total. The van der Waals surface area contributed by atoms with Crippen molar-refractivity contribution in [3.8, 4) is 5.75 Å². The minimum absolute atomic E-state index is 0.0210. The van der Waals surface area contributed by atoms with Gasteiger partial charge < -0.3 is 14.5 Å². The van der Waals surface area contributed by atoms with Gasteiger partial charge in [-0.15, -0.1) is 0 Å². The van der Waals surface area contributed by atoms with Crippen LogP contribution in [0, 0.1) is 6.92 Å². The largest absolute Gasteiger partial charge is 0.482 e. The van der Waals surface area contributed by atoms with Gasteiger partial charge in [-0.2, -0.15) is 0 Å². The van der Waals surface area contributed by atoms with Crippen molar-refractivity contribution in [3.05, 3.63) is 53.6 Å². The molecule has 0 N–H and O–H groups in total. The van der Waals surface area contributed by atoms with Crippen molar-refractivity contribution in [2.24, 2.45) is 0 Å². The van der Waals surface area contributed by atoms with Gasteiger partial charge in [0.25, 0.3) is 5.91 Å². The molecule has 26 heavy (non-hydrogen) atoms. The number of carbonyl (C=O) groups is 2. The molecule has 2 heterocycles. The molecule has 0 saturated carbocycles. The summed E-state index contributed by atoms with van der Waals surface area (Å²) in [6, 6.07) is 14.0. The normalized spacial score (nSPS) is 18.4. The summed E-state index contributed by atoms with van der Waals surface area (Å²) >= 11 is 0. The van der Waals surface area contributed by atoms with Crippen LogP contribution in [0.3, 0.4) is 0 Å². The van der Waals surface area contributed by atoms with Crippen molar-refractivity contribution < 1.29 is 14.3 Å². The summed E-state index contributed by atoms with van der Waals surface area (Å²) in [5.74, 6) is 0.643. The van der Waals surface area contributed by atoms with Crippen LogP contribution in [0.1, 0.15) is 24.5 Å². The topological polar surface area (TPSA) is 49.9 Å². The number of para-hydroxylation sites is 1. The maximum Gasteiger partial charge on any atom is 0.265 e. The first-order chi connectivity index (χ1) is 12.5. The first-order valence-electron chi connectivity index (χ1n) is 8.98. The second kappa shape index (κ2) is 6.48. The molecule has 0 aliphatic carbocycles. The first-order valence-corrected chi connectivity index (χ1v) is 8.98. The van der Waals surface area contributed by atoms with E-state index in [0.29, 0.717) is 12.3 Å². The smallest absolute Gasteiger partial charge is 0.265 e. The van der Waals surface area contributed by atoms with Gasteiger partial charge in [-0.1, -0.05) is 24.3 Å². The predicted octanol–water partition coefficient (Wildman–Crippen LogP) is 3.09. The van der Waals surface area contributed by atoms with E-state index in [1.165, 1.54) is 5.56 Å². The fraction of sp³-hybridized carbons (Fsp3) is 0.333. The molecule has 0 aromatic heterocycles. The quantitative estimate of drug-likeness (QED) is 0.855. The molecule has 0 bridgehead atoms. The average Bonchev–Trinajstić information content (AvgIpc) is 2.96. The zero-order chi connectivity index (χ0) is 18.3. The van der Waals surface area contributed by atoms with Crippen molar-refractivity contribution in [1.29, 1.82) is 0 Å². The number of hydrogen-bond donors (Lipinski definition) is 0. The number of amides is 2. The van der Waals surface area contributed by atoms with Crippen molar-refractivity contribution in [3.63, 3.8) is 0 Å². The van der Waals surface area contributed by atoms with Crippen LogP contribution in [0.5, 0.6) is 5.75 Å². The number of fused-ring (bicyclic) bond motifs is 2. The molecule has 1 unspecified atom stereocenters. The Morgan fingerprint density at radius 1 is 1.19 bits per heavy atom. The van der Waals surface area contributed by atoms with E-state index in [4.69, 9.17) is 4.74 Å². The van der Waals surface area contributed by atoms with Gasteiger partial charge in [-0.05, 0) is 49.6 Å². The van der Waals surface area contributed by atoms with Gasteiger partial charge in [-0.3, -0.25) is 9.59 Å². The zero-order valence-corrected chi connectivity index (χ0v) is 15.1. The van der Waals surface area contributed by atoms with Crippen molar-refractivity contribution in [1.82, 2.24) is 0 Å². The number of anilines is 2. The third-order valence-electron chi connectivity index (χ3n) is 5.08. The van der Waals surface area contributed by atoms with E-state index < -0.39 is 0 Å². The average molecular weight is 350 g/mol. The van der Waals surface area contributed by atoms with Crippen molar-refractivity contribution >= 4 is 23.2 Å². The SMILES string of the molecule is Cc1ccc2c(c1)N(CCC(=O)N1c3ccccc3CC1C)C(=O)CO2. The van der Waals surface area contributed by atoms with Crippen LogP contribution in [-0.2, 0) is 16.0 Å². The highest BCUT2D eigenvalue weighted by atomic mass is 16.5. The van der Waals surface area contributed by atoms with E-state index in [9.17, 15) is 9.59 Å². The molecule has 4 rings (SSSR count). The highest BCUT2D eigenvalue weighted by Gasteiger charge is 2.32. The summed E-state index contributed by atoms with van der Waals surface area (Å²) in [4.78, 5) is 28.8.